The first-order chi connectivity index (χ1) is 11.1. The molecule has 0 radical (unpaired) electrons. The summed E-state index contributed by atoms with van der Waals surface area (Å²) in [5, 5.41) is 4.33. The van der Waals surface area contributed by atoms with Crippen LogP contribution in [-0.2, 0) is 23.8 Å². The van der Waals surface area contributed by atoms with Crippen LogP contribution < -0.4 is 10.6 Å². The zero-order valence-corrected chi connectivity index (χ0v) is 12.4. The molecule has 23 heavy (non-hydrogen) atoms. The highest BCUT2D eigenvalue weighted by Crippen LogP contribution is 2.20. The molecule has 0 fully saturated rings. The van der Waals surface area contributed by atoms with Gasteiger partial charge in [0.2, 0.25) is 11.9 Å². The summed E-state index contributed by atoms with van der Waals surface area (Å²) < 4.78 is 15.3. The van der Waals surface area contributed by atoms with Gasteiger partial charge in [0, 0.05) is 12.6 Å². The van der Waals surface area contributed by atoms with Crippen molar-refractivity contribution in [2.45, 2.75) is 6.10 Å². The monoisotopic (exact) mass is 320 g/mol. The van der Waals surface area contributed by atoms with Crippen molar-refractivity contribution in [3.8, 4) is 0 Å². The summed E-state index contributed by atoms with van der Waals surface area (Å²) in [6, 6.07) is 7.62. The highest BCUT2D eigenvalue weighted by molar-refractivity contribution is 5.98. The van der Waals surface area contributed by atoms with Crippen molar-refractivity contribution in [2.75, 3.05) is 20.3 Å². The number of nitrogens with one attached hydrogen (secondary N) is 2. The summed E-state index contributed by atoms with van der Waals surface area (Å²) in [6.45, 7) is 0.539. The molecule has 1 heterocycles. The number of ether oxygens (including phenoxy) is 3. The van der Waals surface area contributed by atoms with Gasteiger partial charge in [0.1, 0.15) is 19.5 Å². The van der Waals surface area contributed by atoms with Gasteiger partial charge in [-0.05, 0) is 0 Å². The fraction of sp³-hybridized carbons (Fsp3) is 0.267. The van der Waals surface area contributed by atoms with Gasteiger partial charge in [0.25, 0.3) is 5.91 Å². The van der Waals surface area contributed by atoms with Gasteiger partial charge in [-0.2, -0.15) is 0 Å². The maximum atomic E-state index is 12.2. The first-order valence-electron chi connectivity index (χ1n) is 6.85. The molecule has 1 aromatic rings. The molecule has 0 aliphatic carbocycles. The van der Waals surface area contributed by atoms with E-state index in [0.717, 1.165) is 6.26 Å². The third-order valence-electron chi connectivity index (χ3n) is 2.88. The third kappa shape index (κ3) is 4.47. The molecule has 3 amide bonds. The molecule has 8 nitrogen and oxygen atoms in total. The first kappa shape index (κ1) is 16.3. The van der Waals surface area contributed by atoms with Gasteiger partial charge in [-0.15, -0.1) is 0 Å². The van der Waals surface area contributed by atoms with Gasteiger partial charge in [-0.1, -0.05) is 30.3 Å². The van der Waals surface area contributed by atoms with E-state index in [-0.39, 0.29) is 12.4 Å². The third-order valence-corrected chi connectivity index (χ3v) is 2.88. The minimum atomic E-state index is -1.30. The summed E-state index contributed by atoms with van der Waals surface area (Å²) in [7, 11) is 1.37. The maximum absolute atomic E-state index is 12.2. The molecular weight excluding hydrogens is 304 g/mol. The van der Waals surface area contributed by atoms with Gasteiger partial charge in [0.05, 0.1) is 0 Å². The largest absolute Gasteiger partial charge is 0.493 e. The Kier molecular flexibility index (Phi) is 5.56. The Hall–Kier alpha value is -3.03. The predicted molar refractivity (Wildman–Crippen MR) is 77.9 cm³/mol. The number of amides is 3. The lowest BCUT2D eigenvalue weighted by Gasteiger charge is -2.19. The van der Waals surface area contributed by atoms with Crippen molar-refractivity contribution < 1.29 is 28.6 Å². The molecule has 0 spiro atoms. The molecule has 0 bridgehead atoms. The summed E-state index contributed by atoms with van der Waals surface area (Å²) in [5.41, 5.74) is 0.416. The van der Waals surface area contributed by atoms with Crippen molar-refractivity contribution in [3.05, 3.63) is 47.9 Å². The minimum Gasteiger partial charge on any atom is -0.493 e. The van der Waals surface area contributed by atoms with Crippen molar-refractivity contribution >= 4 is 17.9 Å². The molecule has 0 aromatic heterocycles. The van der Waals surface area contributed by atoms with Crippen LogP contribution in [0.15, 0.2) is 42.4 Å². The second-order valence-electron chi connectivity index (χ2n) is 4.47. The van der Waals surface area contributed by atoms with E-state index in [2.05, 4.69) is 10.6 Å². The lowest BCUT2D eigenvalue weighted by molar-refractivity contribution is -0.156. The van der Waals surface area contributed by atoms with E-state index in [1.165, 1.54) is 7.05 Å². The highest BCUT2D eigenvalue weighted by atomic mass is 16.6. The van der Waals surface area contributed by atoms with E-state index in [0.29, 0.717) is 12.2 Å². The summed E-state index contributed by atoms with van der Waals surface area (Å²) in [6.07, 6.45) is -0.169. The fourth-order valence-corrected chi connectivity index (χ4v) is 1.78. The lowest BCUT2D eigenvalue weighted by atomic mass is 10.1. The highest BCUT2D eigenvalue weighted by Gasteiger charge is 2.29. The number of urea groups is 1. The number of imide groups is 1. The first-order valence-corrected chi connectivity index (χ1v) is 6.85. The topological polar surface area (TPSA) is 103 Å². The second kappa shape index (κ2) is 7.83. The second-order valence-corrected chi connectivity index (χ2v) is 4.47. The van der Waals surface area contributed by atoms with Crippen LogP contribution in [0.4, 0.5) is 4.79 Å². The number of benzene rings is 1. The Balaban J connectivity index is 2.16. The SMILES string of the molecule is CNC(=O)NC(=O)[C@H](OC(=O)C1=COCCO1)c1ccccc1. The Bertz CT molecular complexity index is 614. The number of esters is 1. The number of hydrogen-bond acceptors (Lipinski definition) is 6. The Morgan fingerprint density at radius 2 is 1.91 bits per heavy atom. The Morgan fingerprint density at radius 1 is 1.17 bits per heavy atom. The van der Waals surface area contributed by atoms with Crippen LogP contribution in [0.2, 0.25) is 0 Å². The van der Waals surface area contributed by atoms with Gasteiger partial charge >= 0.3 is 12.0 Å². The van der Waals surface area contributed by atoms with Crippen LogP contribution in [0.3, 0.4) is 0 Å². The van der Waals surface area contributed by atoms with Gasteiger partial charge < -0.3 is 19.5 Å². The molecule has 0 unspecified atom stereocenters. The molecule has 2 rings (SSSR count). The summed E-state index contributed by atoms with van der Waals surface area (Å²) in [5.74, 6) is -1.77. The molecule has 0 saturated heterocycles. The lowest BCUT2D eigenvalue weighted by Crippen LogP contribution is -2.41. The molecule has 1 aromatic carbocycles. The number of carbonyl (C=O) groups is 3. The average molecular weight is 320 g/mol. The summed E-state index contributed by atoms with van der Waals surface area (Å²) >= 11 is 0. The zero-order chi connectivity index (χ0) is 16.7. The summed E-state index contributed by atoms with van der Waals surface area (Å²) in [4.78, 5) is 35.6. The van der Waals surface area contributed by atoms with Crippen molar-refractivity contribution in [1.82, 2.24) is 10.6 Å². The normalized spacial score (nSPS) is 14.4. The van der Waals surface area contributed by atoms with E-state index in [4.69, 9.17) is 14.2 Å². The number of hydrogen-bond donors (Lipinski definition) is 2. The van der Waals surface area contributed by atoms with E-state index < -0.39 is 24.0 Å². The maximum Gasteiger partial charge on any atom is 0.378 e. The van der Waals surface area contributed by atoms with Gasteiger partial charge in [-0.25, -0.2) is 9.59 Å². The van der Waals surface area contributed by atoms with E-state index in [1.54, 1.807) is 30.3 Å². The molecule has 0 saturated carbocycles. The van der Waals surface area contributed by atoms with Crippen LogP contribution >= 0.6 is 0 Å². The number of rotatable bonds is 4. The standard InChI is InChI=1S/C15H16N2O6/c1-16-15(20)17-13(18)12(10-5-3-2-4-6-10)23-14(19)11-9-21-7-8-22-11/h2-6,9,12H,7-8H2,1H3,(H2,16,17,18,20)/t12-/m1/s1. The molecule has 1 atom stereocenters. The van der Waals surface area contributed by atoms with Crippen LogP contribution in [0.25, 0.3) is 0 Å². The number of carbonyl (C=O) groups excluding carboxylic acids is 3. The molecule has 1 aliphatic heterocycles. The molecular formula is C15H16N2O6. The molecule has 2 N–H and O–H groups in total. The quantitative estimate of drug-likeness (QED) is 0.788. The van der Waals surface area contributed by atoms with Gasteiger partial charge in [0.15, 0.2) is 0 Å². The van der Waals surface area contributed by atoms with Gasteiger partial charge in [-0.3, -0.25) is 10.1 Å². The smallest absolute Gasteiger partial charge is 0.378 e. The minimum absolute atomic E-state index is 0.134. The average Bonchev–Trinajstić information content (AvgIpc) is 2.60. The molecule has 1 aliphatic rings. The molecule has 8 heteroatoms. The molecule has 122 valence electrons. The van der Waals surface area contributed by atoms with Crippen molar-refractivity contribution in [1.29, 1.82) is 0 Å². The van der Waals surface area contributed by atoms with E-state index >= 15 is 0 Å². The Labute approximate surface area is 132 Å². The van der Waals surface area contributed by atoms with E-state index in [9.17, 15) is 14.4 Å². The van der Waals surface area contributed by atoms with Crippen LogP contribution in [0.5, 0.6) is 0 Å². The van der Waals surface area contributed by atoms with Crippen molar-refractivity contribution in [2.24, 2.45) is 0 Å². The zero-order valence-electron chi connectivity index (χ0n) is 12.4. The Morgan fingerprint density at radius 3 is 2.52 bits per heavy atom. The van der Waals surface area contributed by atoms with Crippen LogP contribution in [0.1, 0.15) is 11.7 Å². The van der Waals surface area contributed by atoms with E-state index in [1.807, 2.05) is 0 Å². The predicted octanol–water partition coefficient (Wildman–Crippen LogP) is 0.615. The van der Waals surface area contributed by atoms with Crippen molar-refractivity contribution in [3.63, 3.8) is 0 Å². The fourth-order valence-electron chi connectivity index (χ4n) is 1.78. The van der Waals surface area contributed by atoms with Crippen LogP contribution in [-0.4, -0.2) is 38.2 Å². The van der Waals surface area contributed by atoms with Crippen LogP contribution in [0, 0.1) is 0 Å².